The number of para-hydroxylation sites is 1. The van der Waals surface area contributed by atoms with Crippen LogP contribution >= 0.6 is 0 Å². The van der Waals surface area contributed by atoms with Crippen LogP contribution in [0, 0.1) is 0 Å². The summed E-state index contributed by atoms with van der Waals surface area (Å²) in [6.07, 6.45) is 0. The van der Waals surface area contributed by atoms with Crippen LogP contribution in [0.2, 0.25) is 0 Å². The van der Waals surface area contributed by atoms with Gasteiger partial charge in [0.15, 0.2) is 0 Å². The first-order valence-corrected chi connectivity index (χ1v) is 8.10. The molecular formula is C20H22N2O2. The summed E-state index contributed by atoms with van der Waals surface area (Å²) in [6.45, 7) is 4.78. The minimum atomic E-state index is 0.450. The predicted molar refractivity (Wildman–Crippen MR) is 94.6 cm³/mol. The fourth-order valence-corrected chi connectivity index (χ4v) is 2.54. The van der Waals surface area contributed by atoms with Gasteiger partial charge < -0.3 is 9.47 Å². The van der Waals surface area contributed by atoms with Crippen LogP contribution in [0.5, 0.6) is 17.2 Å². The Morgan fingerprint density at radius 3 is 2.17 bits per heavy atom. The molecule has 124 valence electrons. The van der Waals surface area contributed by atoms with Gasteiger partial charge in [-0.2, -0.15) is 5.10 Å². The monoisotopic (exact) mass is 322 g/mol. The van der Waals surface area contributed by atoms with Crippen molar-refractivity contribution in [1.29, 1.82) is 0 Å². The second-order valence-corrected chi connectivity index (χ2v) is 6.01. The normalized spacial score (nSPS) is 10.8. The largest absolute Gasteiger partial charge is 0.487 e. The smallest absolute Gasteiger partial charge is 0.132 e. The van der Waals surface area contributed by atoms with Crippen LogP contribution in [-0.4, -0.2) is 9.78 Å². The predicted octanol–water partition coefficient (Wildman–Crippen LogP) is 4.91. The molecule has 0 saturated heterocycles. The molecule has 0 radical (unpaired) electrons. The summed E-state index contributed by atoms with van der Waals surface area (Å²) in [5, 5.41) is 4.49. The van der Waals surface area contributed by atoms with Crippen molar-refractivity contribution < 1.29 is 9.47 Å². The molecule has 1 heterocycles. The van der Waals surface area contributed by atoms with Crippen molar-refractivity contribution >= 4 is 0 Å². The van der Waals surface area contributed by atoms with Gasteiger partial charge >= 0.3 is 0 Å². The van der Waals surface area contributed by atoms with Crippen molar-refractivity contribution in [2.24, 2.45) is 7.05 Å². The fraction of sp³-hybridized carbons (Fsp3) is 0.250. The highest BCUT2D eigenvalue weighted by molar-refractivity contribution is 5.35. The lowest BCUT2D eigenvalue weighted by Crippen LogP contribution is -2.00. The Bertz CT molecular complexity index is 777. The first kappa shape index (κ1) is 16.1. The van der Waals surface area contributed by atoms with E-state index in [2.05, 4.69) is 25.0 Å². The molecule has 4 heteroatoms. The Morgan fingerprint density at radius 1 is 0.917 bits per heavy atom. The summed E-state index contributed by atoms with van der Waals surface area (Å²) in [7, 11) is 1.97. The minimum absolute atomic E-state index is 0.450. The van der Waals surface area contributed by atoms with Crippen molar-refractivity contribution in [2.45, 2.75) is 26.4 Å². The quantitative estimate of drug-likeness (QED) is 0.646. The van der Waals surface area contributed by atoms with Crippen LogP contribution in [0.3, 0.4) is 0 Å². The van der Waals surface area contributed by atoms with Crippen molar-refractivity contribution in [3.05, 3.63) is 72.1 Å². The lowest BCUT2D eigenvalue weighted by molar-refractivity contribution is 0.299. The summed E-state index contributed by atoms with van der Waals surface area (Å²) in [6, 6.07) is 19.4. The zero-order valence-electron chi connectivity index (χ0n) is 14.3. The fourth-order valence-electron chi connectivity index (χ4n) is 2.54. The van der Waals surface area contributed by atoms with Crippen LogP contribution in [0.4, 0.5) is 0 Å². The molecule has 0 aliphatic carbocycles. The zero-order valence-corrected chi connectivity index (χ0v) is 14.3. The first-order chi connectivity index (χ1) is 11.6. The third-order valence-electron chi connectivity index (χ3n) is 3.75. The van der Waals surface area contributed by atoms with Gasteiger partial charge in [-0.15, -0.1) is 0 Å². The van der Waals surface area contributed by atoms with E-state index in [4.69, 9.17) is 9.47 Å². The second kappa shape index (κ2) is 7.21. The molecule has 1 aromatic heterocycles. The average Bonchev–Trinajstić information content (AvgIpc) is 2.96. The average molecular weight is 322 g/mol. The Balaban J connectivity index is 1.59. The molecule has 2 aromatic carbocycles. The van der Waals surface area contributed by atoms with E-state index in [0.717, 1.165) is 22.9 Å². The van der Waals surface area contributed by atoms with E-state index in [-0.39, 0.29) is 0 Å². The van der Waals surface area contributed by atoms with Gasteiger partial charge in [0.2, 0.25) is 0 Å². The third kappa shape index (κ3) is 3.96. The molecule has 0 aliphatic heterocycles. The molecule has 0 saturated carbocycles. The molecule has 0 atom stereocenters. The van der Waals surface area contributed by atoms with Gasteiger partial charge in [0.25, 0.3) is 0 Å². The van der Waals surface area contributed by atoms with Gasteiger partial charge in [0.05, 0.1) is 0 Å². The van der Waals surface area contributed by atoms with Crippen molar-refractivity contribution in [3.63, 3.8) is 0 Å². The van der Waals surface area contributed by atoms with Crippen LogP contribution in [-0.2, 0) is 13.7 Å². The molecule has 0 amide bonds. The Labute approximate surface area is 142 Å². The highest BCUT2D eigenvalue weighted by Crippen LogP contribution is 2.24. The van der Waals surface area contributed by atoms with Gasteiger partial charge in [-0.3, -0.25) is 4.68 Å². The Kier molecular flexibility index (Phi) is 4.85. The van der Waals surface area contributed by atoms with Crippen LogP contribution in [0.15, 0.2) is 60.7 Å². The summed E-state index contributed by atoms with van der Waals surface area (Å²) in [5.74, 6) is 2.85. The molecule has 0 aliphatic rings. The SMILES string of the molecule is CC(C)c1cc(COc2ccc(Oc3ccccc3)cc2)nn1C. The van der Waals surface area contributed by atoms with E-state index in [1.165, 1.54) is 5.69 Å². The number of hydrogen-bond acceptors (Lipinski definition) is 3. The minimum Gasteiger partial charge on any atom is -0.487 e. The topological polar surface area (TPSA) is 36.3 Å². The van der Waals surface area contributed by atoms with E-state index in [1.54, 1.807) is 0 Å². The Morgan fingerprint density at radius 2 is 1.54 bits per heavy atom. The molecular weight excluding hydrogens is 300 g/mol. The molecule has 4 nitrogen and oxygen atoms in total. The summed E-state index contributed by atoms with van der Waals surface area (Å²) in [5.41, 5.74) is 2.14. The van der Waals surface area contributed by atoms with Crippen molar-refractivity contribution in [2.75, 3.05) is 0 Å². The molecule has 3 aromatic rings. The van der Waals surface area contributed by atoms with Gasteiger partial charge in [-0.05, 0) is 48.4 Å². The third-order valence-corrected chi connectivity index (χ3v) is 3.75. The first-order valence-electron chi connectivity index (χ1n) is 8.10. The maximum atomic E-state index is 5.81. The van der Waals surface area contributed by atoms with Crippen LogP contribution < -0.4 is 9.47 Å². The number of aromatic nitrogens is 2. The maximum Gasteiger partial charge on any atom is 0.132 e. The van der Waals surface area contributed by atoms with E-state index in [9.17, 15) is 0 Å². The summed E-state index contributed by atoms with van der Waals surface area (Å²) < 4.78 is 13.5. The molecule has 0 unspecified atom stereocenters. The van der Waals surface area contributed by atoms with E-state index >= 15 is 0 Å². The summed E-state index contributed by atoms with van der Waals surface area (Å²) >= 11 is 0. The number of benzene rings is 2. The lowest BCUT2D eigenvalue weighted by Gasteiger charge is -2.07. The number of nitrogens with zero attached hydrogens (tertiary/aromatic N) is 2. The second-order valence-electron chi connectivity index (χ2n) is 6.01. The molecule has 0 fully saturated rings. The van der Waals surface area contributed by atoms with Gasteiger partial charge in [-0.25, -0.2) is 0 Å². The molecule has 0 bridgehead atoms. The summed E-state index contributed by atoms with van der Waals surface area (Å²) in [4.78, 5) is 0. The van der Waals surface area contributed by atoms with Gasteiger partial charge in [0, 0.05) is 12.7 Å². The number of aryl methyl sites for hydroxylation is 1. The molecule has 0 spiro atoms. The van der Waals surface area contributed by atoms with E-state index in [0.29, 0.717) is 12.5 Å². The van der Waals surface area contributed by atoms with E-state index < -0.39 is 0 Å². The number of rotatable bonds is 6. The highest BCUT2D eigenvalue weighted by atomic mass is 16.5. The standard InChI is InChI=1S/C20H22N2O2/c1-15(2)20-13-16(21-22(20)3)14-23-17-9-11-19(12-10-17)24-18-7-5-4-6-8-18/h4-13,15H,14H2,1-3H3. The number of ether oxygens (including phenoxy) is 2. The van der Waals surface area contributed by atoms with Crippen molar-refractivity contribution in [3.8, 4) is 17.2 Å². The van der Waals surface area contributed by atoms with Crippen molar-refractivity contribution in [1.82, 2.24) is 9.78 Å². The molecule has 0 N–H and O–H groups in total. The zero-order chi connectivity index (χ0) is 16.9. The lowest BCUT2D eigenvalue weighted by atomic mass is 10.1. The van der Waals surface area contributed by atoms with Gasteiger partial charge in [0.1, 0.15) is 29.5 Å². The Hall–Kier alpha value is -2.75. The molecule has 3 rings (SSSR count). The van der Waals surface area contributed by atoms with E-state index in [1.807, 2.05) is 66.3 Å². The van der Waals surface area contributed by atoms with Crippen LogP contribution in [0.25, 0.3) is 0 Å². The van der Waals surface area contributed by atoms with Gasteiger partial charge in [-0.1, -0.05) is 32.0 Å². The molecule has 24 heavy (non-hydrogen) atoms. The maximum absolute atomic E-state index is 5.81. The highest BCUT2D eigenvalue weighted by Gasteiger charge is 2.09. The number of hydrogen-bond donors (Lipinski definition) is 0. The van der Waals surface area contributed by atoms with Crippen LogP contribution in [0.1, 0.15) is 31.2 Å².